The molecule has 1 amide bonds. The van der Waals surface area contributed by atoms with E-state index in [2.05, 4.69) is 21.7 Å². The first-order chi connectivity index (χ1) is 17.2. The van der Waals surface area contributed by atoms with E-state index >= 15 is 0 Å². The molecule has 5 atom stereocenters. The minimum absolute atomic E-state index is 0.0227. The van der Waals surface area contributed by atoms with E-state index in [0.29, 0.717) is 29.2 Å². The van der Waals surface area contributed by atoms with Crippen molar-refractivity contribution in [1.29, 1.82) is 0 Å². The average molecular weight is 537 g/mol. The van der Waals surface area contributed by atoms with Crippen LogP contribution < -0.4 is 4.74 Å². The van der Waals surface area contributed by atoms with Gasteiger partial charge < -0.3 is 9.64 Å². The van der Waals surface area contributed by atoms with Crippen LogP contribution in [0.1, 0.15) is 50.9 Å². The van der Waals surface area contributed by atoms with Crippen molar-refractivity contribution < 1.29 is 22.3 Å². The summed E-state index contributed by atoms with van der Waals surface area (Å²) in [6.07, 6.45) is 5.48. The van der Waals surface area contributed by atoms with Gasteiger partial charge in [0.05, 0.1) is 17.3 Å². The third-order valence-electron chi connectivity index (χ3n) is 8.22. The molecule has 5 rings (SSSR count). The van der Waals surface area contributed by atoms with Crippen LogP contribution in [0.25, 0.3) is 0 Å². The Morgan fingerprint density at radius 2 is 2.06 bits per heavy atom. The molecule has 2 aromatic rings. The van der Waals surface area contributed by atoms with Crippen LogP contribution in [-0.2, 0) is 21.2 Å². The van der Waals surface area contributed by atoms with Crippen LogP contribution >= 0.6 is 11.8 Å². The highest BCUT2D eigenvalue weighted by Crippen LogP contribution is 2.52. The Hall–Kier alpha value is -2.14. The average Bonchev–Trinajstić information content (AvgIpc) is 3.65. The highest BCUT2D eigenvalue weighted by atomic mass is 32.2. The molecule has 0 N–H and O–H groups in total. The molecule has 3 fully saturated rings. The quantitative estimate of drug-likeness (QED) is 0.451. The number of fused-ring (bicyclic) bond motifs is 2. The molecule has 2 saturated carbocycles. The van der Waals surface area contributed by atoms with Crippen molar-refractivity contribution in [2.75, 3.05) is 24.3 Å². The van der Waals surface area contributed by atoms with E-state index in [0.717, 1.165) is 5.92 Å². The monoisotopic (exact) mass is 536 g/mol. The van der Waals surface area contributed by atoms with E-state index in [1.807, 2.05) is 0 Å². The first kappa shape index (κ1) is 25.5. The smallest absolute Gasteiger partial charge is 0.233 e. The van der Waals surface area contributed by atoms with Gasteiger partial charge in [-0.1, -0.05) is 30.3 Å². The van der Waals surface area contributed by atoms with Gasteiger partial charge in [-0.15, -0.1) is 10.2 Å². The lowest BCUT2D eigenvalue weighted by Gasteiger charge is -2.30. The minimum Gasteiger partial charge on any atom is -0.483 e. The Labute approximate surface area is 215 Å². The van der Waals surface area contributed by atoms with Gasteiger partial charge in [0, 0.05) is 19.1 Å². The second-order valence-corrected chi connectivity index (χ2v) is 13.6. The predicted octanol–water partition coefficient (Wildman–Crippen LogP) is 3.73. The highest BCUT2D eigenvalue weighted by molar-refractivity contribution is 7.99. The fraction of sp³-hybridized carbons (Fsp3) is 0.640. The molecule has 196 valence electrons. The number of nitrogens with zero attached hydrogens (tertiary/aromatic N) is 4. The maximum atomic E-state index is 14.1. The second kappa shape index (κ2) is 10.3. The number of amides is 1. The summed E-state index contributed by atoms with van der Waals surface area (Å²) < 4.78 is 45.6. The van der Waals surface area contributed by atoms with Gasteiger partial charge in [0.15, 0.2) is 32.4 Å². The molecule has 2 aliphatic carbocycles. The van der Waals surface area contributed by atoms with Crippen molar-refractivity contribution in [3.05, 3.63) is 35.9 Å². The zero-order valence-corrected chi connectivity index (χ0v) is 22.3. The fourth-order valence-corrected chi connectivity index (χ4v) is 8.95. The van der Waals surface area contributed by atoms with Crippen molar-refractivity contribution in [3.63, 3.8) is 0 Å². The number of ether oxygens (including phenoxy) is 1. The van der Waals surface area contributed by atoms with Crippen LogP contribution in [0.5, 0.6) is 5.75 Å². The molecule has 0 spiro atoms. The van der Waals surface area contributed by atoms with E-state index < -0.39 is 15.7 Å². The van der Waals surface area contributed by atoms with E-state index in [9.17, 15) is 17.6 Å². The molecular formula is C25H33FN4O4S2. The number of halogens is 1. The third kappa shape index (κ3) is 5.27. The molecular weight excluding hydrogens is 503 g/mol. The fourth-order valence-electron chi connectivity index (χ4n) is 6.21. The summed E-state index contributed by atoms with van der Waals surface area (Å²) >= 11 is 1.31. The van der Waals surface area contributed by atoms with Crippen molar-refractivity contribution in [2.24, 2.45) is 17.8 Å². The maximum absolute atomic E-state index is 14.1. The third-order valence-corrected chi connectivity index (χ3v) is 10.9. The number of hydrogen-bond acceptors (Lipinski definition) is 7. The van der Waals surface area contributed by atoms with Gasteiger partial charge in [-0.25, -0.2) is 12.8 Å². The number of para-hydroxylation sites is 1. The molecule has 11 heteroatoms. The van der Waals surface area contributed by atoms with Crippen molar-refractivity contribution in [3.8, 4) is 5.75 Å². The standard InChI is InChI=1S/C25H33FN4O4S2/c1-16(20-12-17-7-8-18(20)11-17)30-23(13-34-22-6-4-3-5-21(22)26)27-28-25(30)35-14-24(31)29(2)19-9-10-36(32,33)15-19/h3-6,16-20H,7-15H2,1-2H3/t16-,17+,18+,19+,20-/m1/s1. The van der Waals surface area contributed by atoms with E-state index in [1.54, 1.807) is 30.1 Å². The zero-order chi connectivity index (χ0) is 25.4. The summed E-state index contributed by atoms with van der Waals surface area (Å²) in [5.41, 5.74) is 0. The molecule has 2 bridgehead atoms. The van der Waals surface area contributed by atoms with Crippen LogP contribution in [0.15, 0.2) is 29.4 Å². The topological polar surface area (TPSA) is 94.4 Å². The number of aromatic nitrogens is 3. The molecule has 36 heavy (non-hydrogen) atoms. The lowest BCUT2D eigenvalue weighted by Crippen LogP contribution is -2.38. The van der Waals surface area contributed by atoms with Crippen molar-refractivity contribution in [2.45, 2.75) is 62.9 Å². The molecule has 1 aromatic carbocycles. The molecule has 1 aromatic heterocycles. The normalized spacial score (nSPS) is 27.3. The maximum Gasteiger partial charge on any atom is 0.233 e. The van der Waals surface area contributed by atoms with Gasteiger partial charge in [-0.2, -0.15) is 0 Å². The summed E-state index contributed by atoms with van der Waals surface area (Å²) in [7, 11) is -1.40. The zero-order valence-electron chi connectivity index (χ0n) is 20.7. The molecule has 8 nitrogen and oxygen atoms in total. The van der Waals surface area contributed by atoms with E-state index in [-0.39, 0.29) is 47.6 Å². The Kier molecular flexibility index (Phi) is 7.31. The van der Waals surface area contributed by atoms with Crippen LogP contribution in [0.2, 0.25) is 0 Å². The first-order valence-electron chi connectivity index (χ1n) is 12.6. The van der Waals surface area contributed by atoms with Gasteiger partial charge >= 0.3 is 0 Å². The van der Waals surface area contributed by atoms with Crippen LogP contribution in [0.4, 0.5) is 4.39 Å². The van der Waals surface area contributed by atoms with Crippen LogP contribution in [0.3, 0.4) is 0 Å². The van der Waals surface area contributed by atoms with Gasteiger partial charge in [0.1, 0.15) is 6.61 Å². The van der Waals surface area contributed by atoms with Gasteiger partial charge in [0.25, 0.3) is 0 Å². The van der Waals surface area contributed by atoms with Crippen molar-refractivity contribution >= 4 is 27.5 Å². The van der Waals surface area contributed by atoms with Crippen LogP contribution in [0, 0.1) is 23.6 Å². The number of carbonyl (C=O) groups excluding carboxylic acids is 1. The van der Waals surface area contributed by atoms with E-state index in [1.165, 1.54) is 43.5 Å². The number of sulfone groups is 1. The summed E-state index contributed by atoms with van der Waals surface area (Å²) in [6, 6.07) is 6.13. The minimum atomic E-state index is -3.07. The lowest BCUT2D eigenvalue weighted by atomic mass is 9.84. The van der Waals surface area contributed by atoms with Gasteiger partial charge in [-0.3, -0.25) is 9.36 Å². The first-order valence-corrected chi connectivity index (χ1v) is 15.4. The Bertz CT molecular complexity index is 1220. The molecule has 0 unspecified atom stereocenters. The summed E-state index contributed by atoms with van der Waals surface area (Å²) in [6.45, 7) is 2.26. The molecule has 1 aliphatic heterocycles. The number of rotatable bonds is 9. The number of thioether (sulfide) groups is 1. The van der Waals surface area contributed by atoms with Gasteiger partial charge in [-0.05, 0) is 62.5 Å². The largest absolute Gasteiger partial charge is 0.483 e. The summed E-state index contributed by atoms with van der Waals surface area (Å²) in [5, 5.41) is 9.41. The van der Waals surface area contributed by atoms with E-state index in [4.69, 9.17) is 4.74 Å². The van der Waals surface area contributed by atoms with Gasteiger partial charge in [0.2, 0.25) is 5.91 Å². The Balaban J connectivity index is 1.32. The lowest BCUT2D eigenvalue weighted by molar-refractivity contribution is -0.128. The second-order valence-electron chi connectivity index (χ2n) is 10.4. The summed E-state index contributed by atoms with van der Waals surface area (Å²) in [4.78, 5) is 14.5. The molecule has 2 heterocycles. The Morgan fingerprint density at radius 1 is 1.25 bits per heavy atom. The predicted molar refractivity (Wildman–Crippen MR) is 135 cm³/mol. The number of carbonyl (C=O) groups is 1. The molecule has 3 aliphatic rings. The molecule has 1 saturated heterocycles. The number of hydrogen-bond donors (Lipinski definition) is 0. The summed E-state index contributed by atoms with van der Waals surface area (Å²) in [5.74, 6) is 2.48. The van der Waals surface area contributed by atoms with Crippen molar-refractivity contribution in [1.82, 2.24) is 19.7 Å². The Morgan fingerprint density at radius 3 is 2.72 bits per heavy atom. The van der Waals surface area contributed by atoms with Crippen LogP contribution in [-0.4, -0.2) is 64.3 Å². The molecule has 0 radical (unpaired) electrons. The SMILES string of the molecule is C[C@H]([C@H]1C[C@H]2CC[C@H]1C2)n1c(COc2ccccc2F)nnc1SCC(=O)N(C)[C@H]1CCS(=O)(=O)C1. The number of benzene rings is 1. The highest BCUT2D eigenvalue weighted by Gasteiger charge is 2.43.